The first-order valence-electron chi connectivity index (χ1n) is 5.31. The number of aliphatic imine (C=N–C) groups is 1. The molecule has 0 saturated carbocycles. The molecule has 0 bridgehead atoms. The molecule has 0 aliphatic carbocycles. The second kappa shape index (κ2) is 5.80. The van der Waals surface area contributed by atoms with Crippen molar-refractivity contribution in [3.63, 3.8) is 0 Å². The quantitative estimate of drug-likeness (QED) is 0.860. The molecule has 3 nitrogen and oxygen atoms in total. The Kier molecular flexibility index (Phi) is 4.12. The van der Waals surface area contributed by atoms with Crippen molar-refractivity contribution < 1.29 is 4.79 Å². The van der Waals surface area contributed by atoms with Gasteiger partial charge in [0.15, 0.2) is 0 Å². The predicted molar refractivity (Wildman–Crippen MR) is 76.0 cm³/mol. The maximum Gasteiger partial charge on any atom is 0.271 e. The van der Waals surface area contributed by atoms with E-state index >= 15 is 0 Å². The van der Waals surface area contributed by atoms with Crippen LogP contribution in [0.5, 0.6) is 0 Å². The van der Waals surface area contributed by atoms with Crippen molar-refractivity contribution in [2.75, 3.05) is 7.05 Å². The molecule has 1 aromatic carbocycles. The molecular weight excluding hydrogens is 268 g/mol. The highest BCUT2D eigenvalue weighted by atomic mass is 35.5. The summed E-state index contributed by atoms with van der Waals surface area (Å²) in [6, 6.07) is 10.8. The van der Waals surface area contributed by atoms with Crippen molar-refractivity contribution in [2.24, 2.45) is 4.99 Å². The van der Waals surface area contributed by atoms with Crippen molar-refractivity contribution in [1.82, 2.24) is 5.32 Å². The number of amides is 1. The number of hydrogen-bond donors (Lipinski definition) is 1. The van der Waals surface area contributed by atoms with Crippen molar-refractivity contribution in [2.45, 2.75) is 0 Å². The van der Waals surface area contributed by atoms with E-state index < -0.39 is 0 Å². The minimum atomic E-state index is -0.201. The maximum atomic E-state index is 11.8. The highest BCUT2D eigenvalue weighted by Gasteiger charge is 2.13. The first-order chi connectivity index (χ1) is 8.70. The Bertz CT molecular complexity index is 561. The van der Waals surface area contributed by atoms with Crippen molar-refractivity contribution in [3.8, 4) is 0 Å². The number of halogens is 1. The summed E-state index contributed by atoms with van der Waals surface area (Å²) in [7, 11) is 1.59. The van der Waals surface area contributed by atoms with Gasteiger partial charge in [0.05, 0.1) is 10.6 Å². The summed E-state index contributed by atoms with van der Waals surface area (Å²) in [5.74, 6) is -0.201. The second-order valence-electron chi connectivity index (χ2n) is 3.49. The lowest BCUT2D eigenvalue weighted by Gasteiger charge is -2.03. The van der Waals surface area contributed by atoms with Crippen LogP contribution < -0.4 is 5.32 Å². The molecule has 5 heteroatoms. The zero-order valence-electron chi connectivity index (χ0n) is 9.68. The molecule has 2 aromatic rings. The number of benzene rings is 1. The van der Waals surface area contributed by atoms with Crippen LogP contribution in [0.25, 0.3) is 0 Å². The SMILES string of the molecule is CNC(=O)C(=Nc1ccc(Cl)cc1)c1cccs1. The molecule has 0 fully saturated rings. The van der Waals surface area contributed by atoms with Crippen LogP contribution >= 0.6 is 22.9 Å². The van der Waals surface area contributed by atoms with Crippen LogP contribution in [-0.2, 0) is 4.79 Å². The Balaban J connectivity index is 2.40. The Morgan fingerprint density at radius 2 is 2.00 bits per heavy atom. The van der Waals surface area contributed by atoms with Gasteiger partial charge in [-0.15, -0.1) is 11.3 Å². The summed E-state index contributed by atoms with van der Waals surface area (Å²) in [6.07, 6.45) is 0. The normalized spacial score (nSPS) is 11.3. The van der Waals surface area contributed by atoms with Crippen LogP contribution in [0, 0.1) is 0 Å². The van der Waals surface area contributed by atoms with Gasteiger partial charge in [0.2, 0.25) is 0 Å². The first-order valence-corrected chi connectivity index (χ1v) is 6.56. The lowest BCUT2D eigenvalue weighted by molar-refractivity contribution is -0.114. The number of thiophene rings is 1. The van der Waals surface area contributed by atoms with Crippen LogP contribution in [0.3, 0.4) is 0 Å². The molecule has 0 saturated heterocycles. The molecule has 92 valence electrons. The molecule has 1 heterocycles. The number of nitrogens with zero attached hydrogens (tertiary/aromatic N) is 1. The van der Waals surface area contributed by atoms with Crippen molar-refractivity contribution in [3.05, 3.63) is 51.7 Å². The topological polar surface area (TPSA) is 41.5 Å². The van der Waals surface area contributed by atoms with Crippen LogP contribution in [0.4, 0.5) is 5.69 Å². The van der Waals surface area contributed by atoms with E-state index in [2.05, 4.69) is 10.3 Å². The molecule has 18 heavy (non-hydrogen) atoms. The average Bonchev–Trinajstić information content (AvgIpc) is 2.91. The number of likely N-dealkylation sites (N-methyl/N-ethyl adjacent to an activating group) is 1. The van der Waals surface area contributed by atoms with Crippen molar-refractivity contribution in [1.29, 1.82) is 0 Å². The summed E-state index contributed by atoms with van der Waals surface area (Å²) in [5.41, 5.74) is 1.11. The third-order valence-electron chi connectivity index (χ3n) is 2.26. The molecule has 0 aliphatic heterocycles. The first kappa shape index (κ1) is 12.8. The number of rotatable bonds is 3. The number of hydrogen-bond acceptors (Lipinski definition) is 3. The van der Waals surface area contributed by atoms with E-state index in [9.17, 15) is 4.79 Å². The molecule has 1 N–H and O–H groups in total. The van der Waals surface area contributed by atoms with Gasteiger partial charge < -0.3 is 5.32 Å². The van der Waals surface area contributed by atoms with E-state index in [1.165, 1.54) is 11.3 Å². The fourth-order valence-corrected chi connectivity index (χ4v) is 2.23. The van der Waals surface area contributed by atoms with Gasteiger partial charge in [-0.25, -0.2) is 4.99 Å². The zero-order chi connectivity index (χ0) is 13.0. The molecule has 0 atom stereocenters. The third kappa shape index (κ3) is 2.97. The monoisotopic (exact) mass is 278 g/mol. The molecular formula is C13H11ClN2OS. The van der Waals surface area contributed by atoms with E-state index in [4.69, 9.17) is 11.6 Å². The highest BCUT2D eigenvalue weighted by Crippen LogP contribution is 2.19. The lowest BCUT2D eigenvalue weighted by atomic mass is 10.2. The Hall–Kier alpha value is -1.65. The summed E-state index contributed by atoms with van der Waals surface area (Å²) < 4.78 is 0. The fraction of sp³-hybridized carbons (Fsp3) is 0.0769. The van der Waals surface area contributed by atoms with E-state index in [-0.39, 0.29) is 5.91 Å². The van der Waals surface area contributed by atoms with Crippen molar-refractivity contribution >= 4 is 40.2 Å². The maximum absolute atomic E-state index is 11.8. The van der Waals surface area contributed by atoms with Crippen LogP contribution in [0.1, 0.15) is 4.88 Å². The van der Waals surface area contributed by atoms with E-state index in [1.807, 2.05) is 17.5 Å². The molecule has 2 rings (SSSR count). The minimum absolute atomic E-state index is 0.201. The third-order valence-corrected chi connectivity index (χ3v) is 3.39. The van der Waals surface area contributed by atoms with E-state index in [1.54, 1.807) is 31.3 Å². The second-order valence-corrected chi connectivity index (χ2v) is 4.88. The molecule has 0 radical (unpaired) electrons. The van der Waals surface area contributed by atoms with Gasteiger partial charge in [0.1, 0.15) is 5.71 Å². The van der Waals surface area contributed by atoms with E-state index in [0.29, 0.717) is 16.4 Å². The molecule has 1 aromatic heterocycles. The van der Waals surface area contributed by atoms with Crippen LogP contribution in [0.15, 0.2) is 46.8 Å². The summed E-state index contributed by atoms with van der Waals surface area (Å²) in [5, 5.41) is 5.15. The Labute approximate surface area is 114 Å². The number of carbonyl (C=O) groups is 1. The summed E-state index contributed by atoms with van der Waals surface area (Å²) in [4.78, 5) is 17.0. The van der Waals surface area contributed by atoms with Gasteiger partial charge in [0.25, 0.3) is 5.91 Å². The minimum Gasteiger partial charge on any atom is -0.354 e. The van der Waals surface area contributed by atoms with Gasteiger partial charge in [-0.1, -0.05) is 17.7 Å². The molecule has 0 aliphatic rings. The molecule has 1 amide bonds. The average molecular weight is 279 g/mol. The van der Waals surface area contributed by atoms with Gasteiger partial charge in [-0.3, -0.25) is 4.79 Å². The highest BCUT2D eigenvalue weighted by molar-refractivity contribution is 7.13. The fourth-order valence-electron chi connectivity index (χ4n) is 1.39. The van der Waals surface area contributed by atoms with Crippen LogP contribution in [-0.4, -0.2) is 18.7 Å². The predicted octanol–water partition coefficient (Wildman–Crippen LogP) is 3.27. The largest absolute Gasteiger partial charge is 0.354 e. The number of carbonyl (C=O) groups excluding carboxylic acids is 1. The summed E-state index contributed by atoms with van der Waals surface area (Å²) >= 11 is 7.29. The van der Waals surface area contributed by atoms with E-state index in [0.717, 1.165) is 4.88 Å². The van der Waals surface area contributed by atoms with Gasteiger partial charge in [0, 0.05) is 12.1 Å². The van der Waals surface area contributed by atoms with Crippen LogP contribution in [0.2, 0.25) is 5.02 Å². The lowest BCUT2D eigenvalue weighted by Crippen LogP contribution is -2.27. The zero-order valence-corrected chi connectivity index (χ0v) is 11.3. The Morgan fingerprint density at radius 3 is 2.56 bits per heavy atom. The smallest absolute Gasteiger partial charge is 0.271 e. The summed E-state index contributed by atoms with van der Waals surface area (Å²) in [6.45, 7) is 0. The number of nitrogens with one attached hydrogen (secondary N) is 1. The van der Waals surface area contributed by atoms with Gasteiger partial charge >= 0.3 is 0 Å². The molecule has 0 spiro atoms. The standard InChI is InChI=1S/C13H11ClN2OS/c1-15-13(17)12(11-3-2-8-18-11)16-10-6-4-9(14)5-7-10/h2-8H,1H3,(H,15,17). The van der Waals surface area contributed by atoms with Gasteiger partial charge in [-0.05, 0) is 35.7 Å². The Morgan fingerprint density at radius 1 is 1.28 bits per heavy atom. The van der Waals surface area contributed by atoms with Gasteiger partial charge in [-0.2, -0.15) is 0 Å². The molecule has 0 unspecified atom stereocenters.